The molecule has 2 aromatic rings. The minimum atomic E-state index is -3.64. The van der Waals surface area contributed by atoms with E-state index in [0.717, 1.165) is 10.4 Å². The summed E-state index contributed by atoms with van der Waals surface area (Å²) >= 11 is 5.93. The van der Waals surface area contributed by atoms with E-state index in [1.165, 1.54) is 49.1 Å². The molecular formula is C14H14ClFN2O3S. The van der Waals surface area contributed by atoms with Crippen LogP contribution in [0.3, 0.4) is 0 Å². The Hall–Kier alpha value is -1.70. The Morgan fingerprint density at radius 2 is 1.91 bits per heavy atom. The first-order valence-electron chi connectivity index (χ1n) is 6.29. The summed E-state index contributed by atoms with van der Waals surface area (Å²) in [5, 5.41) is 0.174. The van der Waals surface area contributed by atoms with Crippen molar-refractivity contribution in [2.24, 2.45) is 0 Å². The van der Waals surface area contributed by atoms with Crippen LogP contribution in [-0.2, 0) is 16.6 Å². The lowest BCUT2D eigenvalue weighted by Gasteiger charge is -2.13. The van der Waals surface area contributed by atoms with Gasteiger partial charge in [-0.2, -0.15) is 0 Å². The fourth-order valence-electron chi connectivity index (χ4n) is 1.83. The maximum Gasteiger partial charge on any atom is 0.250 e. The van der Waals surface area contributed by atoms with E-state index in [1.807, 2.05) is 0 Å². The molecule has 0 saturated heterocycles. The van der Waals surface area contributed by atoms with Crippen LogP contribution in [0.1, 0.15) is 5.56 Å². The van der Waals surface area contributed by atoms with Gasteiger partial charge >= 0.3 is 0 Å². The molecule has 0 aliphatic heterocycles. The van der Waals surface area contributed by atoms with Gasteiger partial charge in [-0.25, -0.2) is 17.1 Å². The summed E-state index contributed by atoms with van der Waals surface area (Å²) in [5.74, 6) is -0.481. The smallest absolute Gasteiger partial charge is 0.250 e. The quantitative estimate of drug-likeness (QED) is 0.851. The number of nitrogens with zero attached hydrogens (tertiary/aromatic N) is 2. The third kappa shape index (κ3) is 3.37. The Morgan fingerprint density at radius 1 is 1.23 bits per heavy atom. The monoisotopic (exact) mass is 344 g/mol. The number of hydrogen-bond donors (Lipinski definition) is 0. The second-order valence-corrected chi connectivity index (χ2v) is 7.41. The topological polar surface area (TPSA) is 59.4 Å². The number of rotatable bonds is 4. The molecule has 2 rings (SSSR count). The molecule has 0 unspecified atom stereocenters. The summed E-state index contributed by atoms with van der Waals surface area (Å²) in [4.78, 5) is 11.9. The van der Waals surface area contributed by atoms with Gasteiger partial charge in [-0.1, -0.05) is 17.7 Å². The van der Waals surface area contributed by atoms with Gasteiger partial charge in [0.25, 0.3) is 5.56 Å². The number of sulfonamides is 1. The summed E-state index contributed by atoms with van der Waals surface area (Å²) in [6.07, 6.45) is 1.25. The Balaban J connectivity index is 2.46. The Morgan fingerprint density at radius 3 is 2.50 bits per heavy atom. The van der Waals surface area contributed by atoms with Crippen molar-refractivity contribution in [3.8, 4) is 0 Å². The van der Waals surface area contributed by atoms with Gasteiger partial charge in [0.2, 0.25) is 10.0 Å². The molecule has 1 aromatic heterocycles. The second kappa shape index (κ2) is 6.20. The molecule has 0 N–H and O–H groups in total. The van der Waals surface area contributed by atoms with E-state index in [4.69, 9.17) is 11.6 Å². The molecular weight excluding hydrogens is 331 g/mol. The molecule has 0 amide bonds. The molecule has 118 valence electrons. The maximum absolute atomic E-state index is 13.0. The van der Waals surface area contributed by atoms with Gasteiger partial charge in [0, 0.05) is 31.4 Å². The third-order valence-corrected chi connectivity index (χ3v) is 5.24. The molecule has 0 fully saturated rings. The number of hydrogen-bond acceptors (Lipinski definition) is 3. The largest absolute Gasteiger partial charge is 0.310 e. The van der Waals surface area contributed by atoms with E-state index in [1.54, 1.807) is 0 Å². The van der Waals surface area contributed by atoms with Gasteiger partial charge in [-0.05, 0) is 23.8 Å². The minimum Gasteiger partial charge on any atom is -0.310 e. The molecule has 0 aliphatic rings. The lowest BCUT2D eigenvalue weighted by atomic mass is 10.2. The van der Waals surface area contributed by atoms with E-state index >= 15 is 0 Å². The van der Waals surface area contributed by atoms with Crippen LogP contribution in [0.4, 0.5) is 4.39 Å². The van der Waals surface area contributed by atoms with Crippen LogP contribution in [0, 0.1) is 5.82 Å². The summed E-state index contributed by atoms with van der Waals surface area (Å²) in [6.45, 7) is 0.0503. The molecule has 0 radical (unpaired) electrons. The standard InChI is InChI=1S/C14H14ClFN2O3S/c1-17(2)22(20,21)12-5-6-14(19)18(9-12)8-10-3-4-11(16)7-13(10)15/h3-7,9H,8H2,1-2H3. The average molecular weight is 345 g/mol. The van der Waals surface area contributed by atoms with Gasteiger partial charge < -0.3 is 4.57 Å². The minimum absolute atomic E-state index is 0.00432. The molecule has 0 bridgehead atoms. The molecule has 1 aromatic carbocycles. The first kappa shape index (κ1) is 16.7. The first-order valence-corrected chi connectivity index (χ1v) is 8.10. The van der Waals surface area contributed by atoms with Gasteiger partial charge in [-0.3, -0.25) is 4.79 Å². The summed E-state index contributed by atoms with van der Waals surface area (Å²) in [7, 11) is -0.836. The van der Waals surface area contributed by atoms with Crippen molar-refractivity contribution in [3.05, 3.63) is 63.3 Å². The van der Waals surface area contributed by atoms with Crippen molar-refractivity contribution in [1.29, 1.82) is 0 Å². The van der Waals surface area contributed by atoms with Crippen LogP contribution < -0.4 is 5.56 Å². The van der Waals surface area contributed by atoms with Crippen molar-refractivity contribution < 1.29 is 12.8 Å². The number of aromatic nitrogens is 1. The first-order chi connectivity index (χ1) is 10.2. The Labute approximate surface area is 132 Å². The molecule has 0 saturated carbocycles. The highest BCUT2D eigenvalue weighted by Gasteiger charge is 2.18. The molecule has 0 spiro atoms. The average Bonchev–Trinajstić information content (AvgIpc) is 2.43. The molecule has 0 aliphatic carbocycles. The van der Waals surface area contributed by atoms with Gasteiger partial charge in [0.1, 0.15) is 5.82 Å². The van der Waals surface area contributed by atoms with E-state index in [2.05, 4.69) is 0 Å². The molecule has 22 heavy (non-hydrogen) atoms. The predicted octanol–water partition coefficient (Wildman–Crippen LogP) is 1.94. The summed E-state index contributed by atoms with van der Waals surface area (Å²) in [6, 6.07) is 6.25. The Kier molecular flexibility index (Phi) is 4.69. The number of halogens is 2. The lowest BCUT2D eigenvalue weighted by molar-refractivity contribution is 0.519. The van der Waals surface area contributed by atoms with Crippen molar-refractivity contribution in [2.75, 3.05) is 14.1 Å². The third-order valence-electron chi connectivity index (χ3n) is 3.09. The summed E-state index contributed by atoms with van der Waals surface area (Å²) in [5.41, 5.74) is 0.141. The molecule has 8 heteroatoms. The van der Waals surface area contributed by atoms with Crippen LogP contribution in [0.2, 0.25) is 5.02 Å². The fraction of sp³-hybridized carbons (Fsp3) is 0.214. The maximum atomic E-state index is 13.0. The van der Waals surface area contributed by atoms with Crippen LogP contribution in [0.5, 0.6) is 0 Å². The van der Waals surface area contributed by atoms with Gasteiger partial charge in [0.15, 0.2) is 0 Å². The van der Waals surface area contributed by atoms with E-state index in [9.17, 15) is 17.6 Å². The van der Waals surface area contributed by atoms with E-state index in [0.29, 0.717) is 5.56 Å². The van der Waals surface area contributed by atoms with Gasteiger partial charge in [-0.15, -0.1) is 0 Å². The molecule has 5 nitrogen and oxygen atoms in total. The van der Waals surface area contributed by atoms with Crippen LogP contribution in [0.25, 0.3) is 0 Å². The predicted molar refractivity (Wildman–Crippen MR) is 82.1 cm³/mol. The highest BCUT2D eigenvalue weighted by Crippen LogP contribution is 2.18. The number of benzene rings is 1. The Bertz CT molecular complexity index is 863. The normalized spacial score (nSPS) is 11.9. The highest BCUT2D eigenvalue weighted by atomic mass is 35.5. The fourth-order valence-corrected chi connectivity index (χ4v) is 2.98. The van der Waals surface area contributed by atoms with Crippen molar-refractivity contribution in [1.82, 2.24) is 8.87 Å². The van der Waals surface area contributed by atoms with Crippen molar-refractivity contribution >= 4 is 21.6 Å². The van der Waals surface area contributed by atoms with E-state index < -0.39 is 15.8 Å². The second-order valence-electron chi connectivity index (χ2n) is 4.85. The van der Waals surface area contributed by atoms with Crippen LogP contribution in [0.15, 0.2) is 46.2 Å². The van der Waals surface area contributed by atoms with Crippen molar-refractivity contribution in [2.45, 2.75) is 11.4 Å². The van der Waals surface area contributed by atoms with Gasteiger partial charge in [0.05, 0.1) is 11.4 Å². The van der Waals surface area contributed by atoms with E-state index in [-0.39, 0.29) is 22.0 Å². The highest BCUT2D eigenvalue weighted by molar-refractivity contribution is 7.89. The molecule has 1 heterocycles. The zero-order valence-electron chi connectivity index (χ0n) is 12.0. The SMILES string of the molecule is CN(C)S(=O)(=O)c1ccc(=O)n(Cc2ccc(F)cc2Cl)c1. The lowest BCUT2D eigenvalue weighted by Crippen LogP contribution is -2.26. The van der Waals surface area contributed by atoms with Crippen LogP contribution in [-0.4, -0.2) is 31.4 Å². The van der Waals surface area contributed by atoms with Crippen LogP contribution >= 0.6 is 11.6 Å². The van der Waals surface area contributed by atoms with Crippen molar-refractivity contribution in [3.63, 3.8) is 0 Å². The molecule has 0 atom stereocenters. The zero-order chi connectivity index (χ0) is 16.5. The zero-order valence-corrected chi connectivity index (χ0v) is 13.5. The number of pyridine rings is 1. The summed E-state index contributed by atoms with van der Waals surface area (Å²) < 4.78 is 39.5.